The van der Waals surface area contributed by atoms with Gasteiger partial charge in [0, 0.05) is 60.8 Å². The first kappa shape index (κ1) is 31.9. The van der Waals surface area contributed by atoms with Gasteiger partial charge in [0.2, 0.25) is 0 Å². The topological polar surface area (TPSA) is 89.2 Å². The molecule has 0 saturated heterocycles. The second-order valence-corrected chi connectivity index (χ2v) is 11.7. The Labute approximate surface area is 268 Å². The van der Waals surface area contributed by atoms with E-state index < -0.39 is 0 Å². The van der Waals surface area contributed by atoms with Crippen LogP contribution in [0.25, 0.3) is 10.9 Å². The van der Waals surface area contributed by atoms with E-state index >= 15 is 0 Å². The van der Waals surface area contributed by atoms with Crippen molar-refractivity contribution in [2.45, 2.75) is 25.9 Å². The van der Waals surface area contributed by atoms with Gasteiger partial charge in [-0.2, -0.15) is 0 Å². The van der Waals surface area contributed by atoms with Crippen LogP contribution in [0.4, 0.5) is 0 Å². The number of aromatic amines is 1. The molecule has 0 saturated carbocycles. The molecule has 45 heavy (non-hydrogen) atoms. The second-order valence-electron chi connectivity index (χ2n) is 10.8. The summed E-state index contributed by atoms with van der Waals surface area (Å²) in [5, 5.41) is 3.98. The third-order valence-electron chi connectivity index (χ3n) is 7.92. The lowest BCUT2D eigenvalue weighted by atomic mass is 10.1. The minimum Gasteiger partial charge on any atom is -0.497 e. The van der Waals surface area contributed by atoms with Crippen molar-refractivity contribution < 1.29 is 23.7 Å². The third kappa shape index (κ3) is 7.76. The molecule has 5 aromatic rings. The SMILES string of the molecule is COc1ccc(CN(CCc2c[nH]c3ccccc23)Cc2nc(C(=O)N(C)CCc3ccc(OC)c(OC)c3)cs2)c(OC)c1. The average Bonchev–Trinajstić information content (AvgIpc) is 3.72. The summed E-state index contributed by atoms with van der Waals surface area (Å²) in [6.07, 6.45) is 3.64. The molecule has 0 unspecified atom stereocenters. The van der Waals surface area contributed by atoms with Gasteiger partial charge < -0.3 is 28.8 Å². The number of methoxy groups -OCH3 is 4. The van der Waals surface area contributed by atoms with E-state index in [4.69, 9.17) is 23.9 Å². The number of carbonyl (C=O) groups excluding carboxylic acids is 1. The zero-order valence-electron chi connectivity index (χ0n) is 26.5. The third-order valence-corrected chi connectivity index (χ3v) is 8.75. The Balaban J connectivity index is 1.28. The van der Waals surface area contributed by atoms with Crippen molar-refractivity contribution in [2.24, 2.45) is 0 Å². The molecule has 2 aromatic heterocycles. The van der Waals surface area contributed by atoms with Gasteiger partial charge in [0.1, 0.15) is 22.2 Å². The van der Waals surface area contributed by atoms with Crippen LogP contribution in [0.2, 0.25) is 0 Å². The minimum absolute atomic E-state index is 0.0971. The number of para-hydroxylation sites is 1. The minimum atomic E-state index is -0.0971. The maximum atomic E-state index is 13.3. The fourth-order valence-corrected chi connectivity index (χ4v) is 6.17. The summed E-state index contributed by atoms with van der Waals surface area (Å²) >= 11 is 1.51. The number of H-pyrrole nitrogens is 1. The number of hydrogen-bond acceptors (Lipinski definition) is 8. The van der Waals surface area contributed by atoms with E-state index in [-0.39, 0.29) is 5.91 Å². The van der Waals surface area contributed by atoms with E-state index in [0.29, 0.717) is 43.2 Å². The first-order chi connectivity index (χ1) is 21.9. The van der Waals surface area contributed by atoms with Crippen LogP contribution in [-0.2, 0) is 25.9 Å². The Hall–Kier alpha value is -4.54. The van der Waals surface area contributed by atoms with Crippen molar-refractivity contribution in [2.75, 3.05) is 48.6 Å². The Morgan fingerprint density at radius 1 is 0.822 bits per heavy atom. The molecule has 5 rings (SSSR count). The Kier molecular flexibility index (Phi) is 10.6. The number of hydrogen-bond donors (Lipinski definition) is 1. The van der Waals surface area contributed by atoms with Gasteiger partial charge in [-0.3, -0.25) is 9.69 Å². The zero-order chi connectivity index (χ0) is 31.8. The number of nitrogens with one attached hydrogen (secondary N) is 1. The van der Waals surface area contributed by atoms with E-state index in [9.17, 15) is 4.79 Å². The molecule has 0 fully saturated rings. The maximum absolute atomic E-state index is 13.3. The molecule has 0 bridgehead atoms. The molecule has 236 valence electrons. The fraction of sp³-hybridized carbons (Fsp3) is 0.314. The van der Waals surface area contributed by atoms with E-state index in [2.05, 4.69) is 34.3 Å². The van der Waals surface area contributed by atoms with Crippen LogP contribution in [0.5, 0.6) is 23.0 Å². The largest absolute Gasteiger partial charge is 0.497 e. The van der Waals surface area contributed by atoms with Crippen molar-refractivity contribution in [3.05, 3.63) is 99.6 Å². The van der Waals surface area contributed by atoms with Crippen LogP contribution in [0.1, 0.15) is 32.2 Å². The van der Waals surface area contributed by atoms with Crippen LogP contribution in [0, 0.1) is 0 Å². The highest BCUT2D eigenvalue weighted by Crippen LogP contribution is 2.29. The zero-order valence-corrected chi connectivity index (χ0v) is 27.3. The van der Waals surface area contributed by atoms with Crippen LogP contribution in [0.3, 0.4) is 0 Å². The quantitative estimate of drug-likeness (QED) is 0.147. The van der Waals surface area contributed by atoms with E-state index in [0.717, 1.165) is 46.1 Å². The molecule has 3 aromatic carbocycles. The van der Waals surface area contributed by atoms with Crippen molar-refractivity contribution in [1.82, 2.24) is 19.8 Å². The molecule has 2 heterocycles. The van der Waals surface area contributed by atoms with Crippen molar-refractivity contribution in [3.63, 3.8) is 0 Å². The molecule has 1 amide bonds. The number of aromatic nitrogens is 2. The molecule has 9 nitrogen and oxygen atoms in total. The summed E-state index contributed by atoms with van der Waals surface area (Å²) in [5.74, 6) is 2.79. The van der Waals surface area contributed by atoms with Crippen molar-refractivity contribution in [3.8, 4) is 23.0 Å². The Bertz CT molecular complexity index is 1730. The Morgan fingerprint density at radius 3 is 2.40 bits per heavy atom. The van der Waals surface area contributed by atoms with Crippen molar-refractivity contribution >= 4 is 28.1 Å². The number of likely N-dealkylation sites (N-methyl/N-ethyl adjacent to an activating group) is 1. The van der Waals surface area contributed by atoms with E-state index in [1.54, 1.807) is 33.3 Å². The number of nitrogens with zero attached hydrogens (tertiary/aromatic N) is 3. The van der Waals surface area contributed by atoms with Gasteiger partial charge >= 0.3 is 0 Å². The van der Waals surface area contributed by atoms with Gasteiger partial charge in [0.05, 0.1) is 35.0 Å². The number of fused-ring (bicyclic) bond motifs is 1. The van der Waals surface area contributed by atoms with Gasteiger partial charge in [-0.25, -0.2) is 4.98 Å². The lowest BCUT2D eigenvalue weighted by Gasteiger charge is -2.23. The van der Waals surface area contributed by atoms with E-state index in [1.165, 1.54) is 22.3 Å². The van der Waals surface area contributed by atoms with Crippen LogP contribution in [0.15, 0.2) is 72.2 Å². The standard InChI is InChI=1S/C35H40N4O5S/c1-38(16-14-24-10-13-31(42-3)33(18-24)44-5)35(40)30-23-45-34(37-30)22-39(21-26-11-12-27(41-2)19-32(26)43-4)17-15-25-20-36-29-9-7-6-8-28(25)29/h6-13,18-20,23,36H,14-17,21-22H2,1-5H3. The Morgan fingerprint density at radius 2 is 1.62 bits per heavy atom. The first-order valence-corrected chi connectivity index (χ1v) is 15.7. The summed E-state index contributed by atoms with van der Waals surface area (Å²) in [6.45, 7) is 2.61. The van der Waals surface area contributed by atoms with Gasteiger partial charge in [-0.15, -0.1) is 11.3 Å². The summed E-state index contributed by atoms with van der Waals surface area (Å²) in [6, 6.07) is 20.1. The molecule has 0 aliphatic carbocycles. The highest BCUT2D eigenvalue weighted by Gasteiger charge is 2.19. The number of benzene rings is 3. The summed E-state index contributed by atoms with van der Waals surface area (Å²) in [7, 11) is 8.37. The predicted octanol–water partition coefficient (Wildman–Crippen LogP) is 6.22. The molecule has 1 N–H and O–H groups in total. The lowest BCUT2D eigenvalue weighted by molar-refractivity contribution is 0.0791. The lowest BCUT2D eigenvalue weighted by Crippen LogP contribution is -2.29. The highest BCUT2D eigenvalue weighted by atomic mass is 32.1. The van der Waals surface area contributed by atoms with Crippen LogP contribution < -0.4 is 18.9 Å². The smallest absolute Gasteiger partial charge is 0.273 e. The van der Waals surface area contributed by atoms with E-state index in [1.807, 2.05) is 54.9 Å². The summed E-state index contributed by atoms with van der Waals surface area (Å²) in [4.78, 5) is 25.5. The monoisotopic (exact) mass is 628 g/mol. The molecule has 0 aliphatic heterocycles. The normalized spacial score (nSPS) is 11.2. The van der Waals surface area contributed by atoms with Gasteiger partial charge in [-0.1, -0.05) is 30.3 Å². The first-order valence-electron chi connectivity index (χ1n) is 14.8. The highest BCUT2D eigenvalue weighted by molar-refractivity contribution is 7.09. The molecular formula is C35H40N4O5S. The molecule has 0 spiro atoms. The average molecular weight is 629 g/mol. The predicted molar refractivity (Wildman–Crippen MR) is 178 cm³/mol. The molecule has 0 aliphatic rings. The summed E-state index contributed by atoms with van der Waals surface area (Å²) in [5.41, 5.74) is 4.98. The summed E-state index contributed by atoms with van der Waals surface area (Å²) < 4.78 is 21.9. The van der Waals surface area contributed by atoms with Crippen LogP contribution in [-0.4, -0.2) is 74.3 Å². The van der Waals surface area contributed by atoms with Crippen LogP contribution >= 0.6 is 11.3 Å². The van der Waals surface area contributed by atoms with Gasteiger partial charge in [0.15, 0.2) is 11.5 Å². The molecule has 10 heteroatoms. The number of rotatable bonds is 15. The number of amides is 1. The van der Waals surface area contributed by atoms with Crippen molar-refractivity contribution in [1.29, 1.82) is 0 Å². The van der Waals surface area contributed by atoms with Gasteiger partial charge in [0.25, 0.3) is 5.91 Å². The fourth-order valence-electron chi connectivity index (χ4n) is 5.36. The molecule has 0 atom stereocenters. The number of carbonyl (C=O) groups is 1. The second kappa shape index (κ2) is 15.0. The maximum Gasteiger partial charge on any atom is 0.273 e. The number of thiazole rings is 1. The number of ether oxygens (including phenoxy) is 4. The molecular weight excluding hydrogens is 588 g/mol. The van der Waals surface area contributed by atoms with Gasteiger partial charge in [-0.05, 0) is 48.2 Å². The molecule has 0 radical (unpaired) electrons.